The lowest BCUT2D eigenvalue weighted by Gasteiger charge is -2.20. The molecule has 146 valence electrons. The van der Waals surface area contributed by atoms with Crippen LogP contribution in [-0.4, -0.2) is 22.1 Å². The van der Waals surface area contributed by atoms with Gasteiger partial charge in [-0.05, 0) is 37.1 Å². The molecule has 0 aliphatic carbocycles. The molecule has 0 aliphatic rings. The summed E-state index contributed by atoms with van der Waals surface area (Å²) >= 11 is 0. The Hall–Kier alpha value is -2.63. The average molecular weight is 397 g/mol. The zero-order valence-corrected chi connectivity index (χ0v) is 16.9. The average Bonchev–Trinajstić information content (AvgIpc) is 2.72. The highest BCUT2D eigenvalue weighted by atomic mass is 32.2. The third-order valence-electron chi connectivity index (χ3n) is 4.67. The second-order valence-corrected chi connectivity index (χ2v) is 8.20. The predicted molar refractivity (Wildman–Crippen MR) is 110 cm³/mol. The molecule has 0 amide bonds. The molecular formula is C23H24O4S. The summed E-state index contributed by atoms with van der Waals surface area (Å²) in [7, 11) is -2.15. The number of methoxy groups -OCH3 is 1. The smallest absolute Gasteiger partial charge is 0.296 e. The van der Waals surface area contributed by atoms with Crippen molar-refractivity contribution in [2.75, 3.05) is 13.7 Å². The van der Waals surface area contributed by atoms with E-state index in [1.54, 1.807) is 31.4 Å². The van der Waals surface area contributed by atoms with Crippen molar-refractivity contribution in [2.45, 2.75) is 24.2 Å². The largest absolute Gasteiger partial charge is 0.496 e. The van der Waals surface area contributed by atoms with E-state index in [9.17, 15) is 8.42 Å². The van der Waals surface area contributed by atoms with Crippen LogP contribution in [0.1, 0.15) is 29.0 Å². The third kappa shape index (κ3) is 4.80. The molecule has 0 aliphatic heterocycles. The van der Waals surface area contributed by atoms with Crippen molar-refractivity contribution in [2.24, 2.45) is 0 Å². The normalized spacial score (nSPS) is 12.5. The standard InChI is InChI=1S/C23H24O4S/c1-18-12-14-20(15-13-18)28(24,25)27-17-16-21(19-8-4-3-5-9-19)22-10-6-7-11-23(22)26-2/h3-15,21H,16-17H2,1-2H3. The molecule has 0 aromatic heterocycles. The van der Waals surface area contributed by atoms with E-state index in [0.29, 0.717) is 6.42 Å². The summed E-state index contributed by atoms with van der Waals surface area (Å²) in [4.78, 5) is 0.173. The molecule has 0 fully saturated rings. The van der Waals surface area contributed by atoms with Crippen molar-refractivity contribution in [3.05, 3.63) is 95.6 Å². The van der Waals surface area contributed by atoms with Gasteiger partial charge in [-0.3, -0.25) is 4.18 Å². The van der Waals surface area contributed by atoms with Gasteiger partial charge in [0, 0.05) is 11.5 Å². The van der Waals surface area contributed by atoms with Gasteiger partial charge >= 0.3 is 0 Å². The van der Waals surface area contributed by atoms with Crippen LogP contribution in [0.5, 0.6) is 5.75 Å². The van der Waals surface area contributed by atoms with Gasteiger partial charge in [-0.1, -0.05) is 66.2 Å². The van der Waals surface area contributed by atoms with Crippen LogP contribution in [-0.2, 0) is 14.3 Å². The van der Waals surface area contributed by atoms with Crippen LogP contribution in [0.4, 0.5) is 0 Å². The fraction of sp³-hybridized carbons (Fsp3) is 0.217. The van der Waals surface area contributed by atoms with E-state index in [1.807, 2.05) is 61.5 Å². The molecule has 3 aromatic rings. The van der Waals surface area contributed by atoms with Crippen LogP contribution in [0.3, 0.4) is 0 Å². The Bertz CT molecular complexity index is 996. The van der Waals surface area contributed by atoms with Gasteiger partial charge in [0.05, 0.1) is 18.6 Å². The lowest BCUT2D eigenvalue weighted by atomic mass is 9.88. The maximum atomic E-state index is 12.5. The molecule has 5 heteroatoms. The van der Waals surface area contributed by atoms with Gasteiger partial charge in [-0.15, -0.1) is 0 Å². The topological polar surface area (TPSA) is 52.6 Å². The minimum atomic E-state index is -3.78. The quantitative estimate of drug-likeness (QED) is 0.507. The molecule has 1 unspecified atom stereocenters. The Morgan fingerprint density at radius 2 is 1.50 bits per heavy atom. The van der Waals surface area contributed by atoms with Crippen molar-refractivity contribution in [1.82, 2.24) is 0 Å². The van der Waals surface area contributed by atoms with E-state index in [4.69, 9.17) is 8.92 Å². The van der Waals surface area contributed by atoms with Crippen LogP contribution < -0.4 is 4.74 Å². The fourth-order valence-corrected chi connectivity index (χ4v) is 4.11. The minimum Gasteiger partial charge on any atom is -0.496 e. The molecular weight excluding hydrogens is 372 g/mol. The molecule has 0 spiro atoms. The number of ether oxygens (including phenoxy) is 1. The van der Waals surface area contributed by atoms with Gasteiger partial charge in [0.25, 0.3) is 10.1 Å². The van der Waals surface area contributed by atoms with Gasteiger partial charge in [-0.2, -0.15) is 8.42 Å². The fourth-order valence-electron chi connectivity index (χ4n) is 3.19. The summed E-state index contributed by atoms with van der Waals surface area (Å²) in [6.07, 6.45) is 0.509. The Balaban J connectivity index is 1.80. The van der Waals surface area contributed by atoms with Crippen molar-refractivity contribution in [1.29, 1.82) is 0 Å². The van der Waals surface area contributed by atoms with Crippen LogP contribution in [0.2, 0.25) is 0 Å². The highest BCUT2D eigenvalue weighted by Gasteiger charge is 2.20. The highest BCUT2D eigenvalue weighted by Crippen LogP contribution is 2.34. The predicted octanol–water partition coefficient (Wildman–Crippen LogP) is 4.93. The Kier molecular flexibility index (Phi) is 6.49. The number of rotatable bonds is 8. The van der Waals surface area contributed by atoms with Gasteiger partial charge in [0.2, 0.25) is 0 Å². The number of hydrogen-bond acceptors (Lipinski definition) is 4. The zero-order chi connectivity index (χ0) is 20.0. The molecule has 4 nitrogen and oxygen atoms in total. The van der Waals surface area contributed by atoms with Crippen molar-refractivity contribution in [3.8, 4) is 5.75 Å². The number of para-hydroxylation sites is 1. The van der Waals surface area contributed by atoms with Gasteiger partial charge < -0.3 is 4.74 Å². The molecule has 0 heterocycles. The van der Waals surface area contributed by atoms with E-state index >= 15 is 0 Å². The van der Waals surface area contributed by atoms with E-state index in [0.717, 1.165) is 22.4 Å². The molecule has 1 atom stereocenters. The molecule has 0 N–H and O–H groups in total. The van der Waals surface area contributed by atoms with Crippen molar-refractivity contribution in [3.63, 3.8) is 0 Å². The van der Waals surface area contributed by atoms with Gasteiger partial charge in [0.1, 0.15) is 5.75 Å². The monoisotopic (exact) mass is 396 g/mol. The molecule has 0 saturated carbocycles. The second kappa shape index (κ2) is 9.04. The van der Waals surface area contributed by atoms with E-state index in [-0.39, 0.29) is 17.4 Å². The summed E-state index contributed by atoms with van der Waals surface area (Å²) in [6.45, 7) is 1.99. The summed E-state index contributed by atoms with van der Waals surface area (Å²) in [5.41, 5.74) is 3.09. The van der Waals surface area contributed by atoms with Gasteiger partial charge in [0.15, 0.2) is 0 Å². The second-order valence-electron chi connectivity index (χ2n) is 6.58. The number of hydrogen-bond donors (Lipinski definition) is 0. The lowest BCUT2D eigenvalue weighted by Crippen LogP contribution is -2.12. The third-order valence-corrected chi connectivity index (χ3v) is 6.00. The van der Waals surface area contributed by atoms with Crippen LogP contribution in [0.25, 0.3) is 0 Å². The minimum absolute atomic E-state index is 0.0365. The van der Waals surface area contributed by atoms with E-state index in [1.165, 1.54) is 0 Å². The highest BCUT2D eigenvalue weighted by molar-refractivity contribution is 7.86. The Morgan fingerprint density at radius 3 is 2.18 bits per heavy atom. The van der Waals surface area contributed by atoms with Crippen LogP contribution >= 0.6 is 0 Å². The SMILES string of the molecule is COc1ccccc1C(CCOS(=O)(=O)c1ccc(C)cc1)c1ccccc1. The Morgan fingerprint density at radius 1 is 0.857 bits per heavy atom. The van der Waals surface area contributed by atoms with Gasteiger partial charge in [-0.25, -0.2) is 0 Å². The molecule has 0 bridgehead atoms. The molecule has 0 saturated heterocycles. The molecule has 28 heavy (non-hydrogen) atoms. The molecule has 3 rings (SSSR count). The molecule has 3 aromatic carbocycles. The zero-order valence-electron chi connectivity index (χ0n) is 16.0. The lowest BCUT2D eigenvalue weighted by molar-refractivity contribution is 0.304. The maximum Gasteiger partial charge on any atom is 0.296 e. The van der Waals surface area contributed by atoms with Crippen molar-refractivity contribution >= 4 is 10.1 Å². The summed E-state index contributed by atoms with van der Waals surface area (Å²) in [5.74, 6) is 0.739. The first-order valence-electron chi connectivity index (χ1n) is 9.15. The van der Waals surface area contributed by atoms with Crippen LogP contribution in [0.15, 0.2) is 83.8 Å². The van der Waals surface area contributed by atoms with Crippen molar-refractivity contribution < 1.29 is 17.3 Å². The maximum absolute atomic E-state index is 12.5. The van der Waals surface area contributed by atoms with E-state index < -0.39 is 10.1 Å². The first-order valence-corrected chi connectivity index (χ1v) is 10.6. The van der Waals surface area contributed by atoms with E-state index in [2.05, 4.69) is 0 Å². The van der Waals surface area contributed by atoms with Crippen LogP contribution in [0, 0.1) is 6.92 Å². The molecule has 0 radical (unpaired) electrons. The number of aryl methyl sites for hydroxylation is 1. The first-order chi connectivity index (χ1) is 13.5. The Labute approximate surface area is 166 Å². The summed E-state index contributed by atoms with van der Waals surface area (Å²) < 4.78 is 35.8. The number of benzene rings is 3. The first kappa shape index (κ1) is 20.1. The summed E-state index contributed by atoms with van der Waals surface area (Å²) in [5, 5.41) is 0. The summed E-state index contributed by atoms with van der Waals surface area (Å²) in [6, 6.07) is 24.4.